The summed E-state index contributed by atoms with van der Waals surface area (Å²) in [5.41, 5.74) is 0. The number of hydrogen-bond donors (Lipinski definition) is 2. The second kappa shape index (κ2) is 7.70. The Labute approximate surface area is 130 Å². The Bertz CT molecular complexity index is 468. The minimum absolute atomic E-state index is 0.0975. The van der Waals surface area contributed by atoms with Gasteiger partial charge in [-0.2, -0.15) is 0 Å². The number of cyclic esters (lactones) is 1. The number of rotatable bonds is 1. The van der Waals surface area contributed by atoms with E-state index >= 15 is 0 Å². The van der Waals surface area contributed by atoms with Crippen molar-refractivity contribution in [1.29, 1.82) is 0 Å². The zero-order chi connectivity index (χ0) is 16.1. The summed E-state index contributed by atoms with van der Waals surface area (Å²) in [6, 6.07) is 0. The summed E-state index contributed by atoms with van der Waals surface area (Å²) in [5.74, 6) is -0.766. The highest BCUT2D eigenvalue weighted by Crippen LogP contribution is 2.36. The summed E-state index contributed by atoms with van der Waals surface area (Å²) >= 11 is 0. The molecule has 1 heterocycles. The highest BCUT2D eigenvalue weighted by molar-refractivity contribution is 5.87. The van der Waals surface area contributed by atoms with Crippen molar-refractivity contribution < 1.29 is 24.5 Å². The molecule has 2 N–H and O–H groups in total. The Morgan fingerprint density at radius 3 is 2.77 bits per heavy atom. The number of Topliss-reactive ketones (excluding diaryl/α,β-unsaturated/α-hetero) is 1. The lowest BCUT2D eigenvalue weighted by atomic mass is 9.90. The average molecular weight is 308 g/mol. The van der Waals surface area contributed by atoms with Gasteiger partial charge in [0.05, 0.1) is 12.2 Å². The second-order valence-corrected chi connectivity index (χ2v) is 6.20. The molecule has 5 atom stereocenters. The zero-order valence-corrected chi connectivity index (χ0v) is 12.9. The molecular weight excluding hydrogens is 284 g/mol. The molecule has 0 spiro atoms. The largest absolute Gasteiger partial charge is 0.451 e. The molecule has 0 radical (unpaired) electrons. The van der Waals surface area contributed by atoms with Crippen LogP contribution in [-0.4, -0.2) is 40.3 Å². The molecule has 5 nitrogen and oxygen atoms in total. The van der Waals surface area contributed by atoms with Crippen LogP contribution in [-0.2, 0) is 14.3 Å². The SMILES string of the molecule is CC(=O)[C@H]1CCC/C=C/[C@@H]2C[C@H](O)C[C@H]2[C@H](O)/C=C/C(=O)O1. The lowest BCUT2D eigenvalue weighted by Gasteiger charge is -2.19. The van der Waals surface area contributed by atoms with Gasteiger partial charge in [0.25, 0.3) is 0 Å². The van der Waals surface area contributed by atoms with Gasteiger partial charge >= 0.3 is 5.97 Å². The van der Waals surface area contributed by atoms with Crippen molar-refractivity contribution >= 4 is 11.8 Å². The predicted molar refractivity (Wildman–Crippen MR) is 80.9 cm³/mol. The third-order valence-corrected chi connectivity index (χ3v) is 4.44. The van der Waals surface area contributed by atoms with Gasteiger partial charge < -0.3 is 14.9 Å². The fourth-order valence-electron chi connectivity index (χ4n) is 3.22. The van der Waals surface area contributed by atoms with Crippen LogP contribution in [0.25, 0.3) is 0 Å². The van der Waals surface area contributed by atoms with E-state index in [2.05, 4.69) is 0 Å². The van der Waals surface area contributed by atoms with E-state index in [9.17, 15) is 19.8 Å². The van der Waals surface area contributed by atoms with Gasteiger partial charge in [0.1, 0.15) is 0 Å². The van der Waals surface area contributed by atoms with Crippen molar-refractivity contribution in [2.75, 3.05) is 0 Å². The van der Waals surface area contributed by atoms with Crippen molar-refractivity contribution in [3.05, 3.63) is 24.3 Å². The van der Waals surface area contributed by atoms with Crippen molar-refractivity contribution in [3.8, 4) is 0 Å². The molecule has 2 rings (SSSR count). The highest BCUT2D eigenvalue weighted by atomic mass is 16.5. The van der Waals surface area contributed by atoms with Gasteiger partial charge in [0.2, 0.25) is 0 Å². The van der Waals surface area contributed by atoms with E-state index in [0.29, 0.717) is 19.3 Å². The number of allylic oxidation sites excluding steroid dienone is 2. The maximum absolute atomic E-state index is 11.8. The summed E-state index contributed by atoms with van der Waals surface area (Å²) in [6.07, 6.45) is 7.90. The van der Waals surface area contributed by atoms with E-state index in [1.165, 1.54) is 19.1 Å². The van der Waals surface area contributed by atoms with Gasteiger partial charge in [0, 0.05) is 6.08 Å². The molecule has 5 heteroatoms. The van der Waals surface area contributed by atoms with E-state index in [-0.39, 0.29) is 17.6 Å². The lowest BCUT2D eigenvalue weighted by Crippen LogP contribution is -2.25. The van der Waals surface area contributed by atoms with Gasteiger partial charge in [0.15, 0.2) is 11.9 Å². The minimum Gasteiger partial charge on any atom is -0.451 e. The Morgan fingerprint density at radius 1 is 1.27 bits per heavy atom. The number of fused-ring (bicyclic) bond motifs is 1. The second-order valence-electron chi connectivity index (χ2n) is 6.20. The molecule has 122 valence electrons. The number of ether oxygens (including phenoxy) is 1. The molecular formula is C17H24O5. The van der Waals surface area contributed by atoms with E-state index in [1.807, 2.05) is 12.2 Å². The number of esters is 1. The van der Waals surface area contributed by atoms with E-state index in [4.69, 9.17) is 4.74 Å². The van der Waals surface area contributed by atoms with Crippen LogP contribution in [0.5, 0.6) is 0 Å². The standard InChI is InChI=1S/C17H24O5/c1-11(18)16-6-4-2-3-5-12-9-13(19)10-14(12)15(20)7-8-17(21)22-16/h3,5,7-8,12-16,19-20H,2,4,6,9-10H2,1H3/b5-3+,8-7+/t12-,13+,14-,15-,16-/m1/s1. The van der Waals surface area contributed by atoms with Crippen molar-refractivity contribution in [2.45, 2.75) is 57.3 Å². The van der Waals surface area contributed by atoms with Crippen molar-refractivity contribution in [3.63, 3.8) is 0 Å². The lowest BCUT2D eigenvalue weighted by molar-refractivity contribution is -0.150. The molecule has 1 aliphatic carbocycles. The molecule has 1 saturated carbocycles. The molecule has 0 aromatic rings. The maximum Gasteiger partial charge on any atom is 0.331 e. The van der Waals surface area contributed by atoms with E-state index < -0.39 is 24.3 Å². The molecule has 1 fully saturated rings. The maximum atomic E-state index is 11.8. The number of carbonyl (C=O) groups is 2. The van der Waals surface area contributed by atoms with Crippen LogP contribution >= 0.6 is 0 Å². The third kappa shape index (κ3) is 4.52. The van der Waals surface area contributed by atoms with E-state index in [1.54, 1.807) is 0 Å². The van der Waals surface area contributed by atoms with Crippen molar-refractivity contribution in [2.24, 2.45) is 11.8 Å². The smallest absolute Gasteiger partial charge is 0.331 e. The monoisotopic (exact) mass is 308 g/mol. The van der Waals surface area contributed by atoms with Crippen LogP contribution in [0.1, 0.15) is 39.0 Å². The van der Waals surface area contributed by atoms with Gasteiger partial charge in [-0.1, -0.05) is 12.2 Å². The molecule has 2 aliphatic rings. The van der Waals surface area contributed by atoms with E-state index in [0.717, 1.165) is 12.8 Å². The van der Waals surface area contributed by atoms with Crippen LogP contribution in [0.15, 0.2) is 24.3 Å². The van der Waals surface area contributed by atoms with Gasteiger partial charge in [-0.25, -0.2) is 4.79 Å². The first-order valence-corrected chi connectivity index (χ1v) is 7.89. The van der Waals surface area contributed by atoms with Gasteiger partial charge in [-0.05, 0) is 56.9 Å². The number of ketones is 1. The zero-order valence-electron chi connectivity index (χ0n) is 12.9. The summed E-state index contributed by atoms with van der Waals surface area (Å²) < 4.78 is 5.15. The van der Waals surface area contributed by atoms with Crippen LogP contribution in [0.2, 0.25) is 0 Å². The molecule has 0 saturated heterocycles. The number of hydrogen-bond acceptors (Lipinski definition) is 5. The van der Waals surface area contributed by atoms with Crippen LogP contribution in [0.4, 0.5) is 0 Å². The summed E-state index contributed by atoms with van der Waals surface area (Å²) in [5, 5.41) is 20.0. The molecule has 1 aliphatic heterocycles. The van der Waals surface area contributed by atoms with Crippen LogP contribution < -0.4 is 0 Å². The first-order chi connectivity index (χ1) is 10.5. The van der Waals surface area contributed by atoms with Crippen molar-refractivity contribution in [1.82, 2.24) is 0 Å². The molecule has 0 aromatic heterocycles. The molecule has 0 aromatic carbocycles. The third-order valence-electron chi connectivity index (χ3n) is 4.44. The average Bonchev–Trinajstić information content (AvgIpc) is 2.83. The Balaban J connectivity index is 2.13. The normalized spacial score (nSPS) is 39.6. The number of aliphatic hydroxyl groups excluding tert-OH is 2. The Hall–Kier alpha value is -1.46. The summed E-state index contributed by atoms with van der Waals surface area (Å²) in [4.78, 5) is 23.3. The quantitative estimate of drug-likeness (QED) is 0.567. The topological polar surface area (TPSA) is 83.8 Å². The van der Waals surface area contributed by atoms with Gasteiger partial charge in [-0.15, -0.1) is 0 Å². The first-order valence-electron chi connectivity index (χ1n) is 7.89. The molecule has 0 unspecified atom stereocenters. The predicted octanol–water partition coefficient (Wildman–Crippen LogP) is 1.53. The molecule has 0 amide bonds. The van der Waals surface area contributed by atoms with Gasteiger partial charge in [-0.3, -0.25) is 4.79 Å². The fourth-order valence-corrected chi connectivity index (χ4v) is 3.22. The fraction of sp³-hybridized carbons (Fsp3) is 0.647. The Morgan fingerprint density at radius 2 is 2.05 bits per heavy atom. The number of aliphatic hydroxyl groups is 2. The van der Waals surface area contributed by atoms with Crippen LogP contribution in [0.3, 0.4) is 0 Å². The summed E-state index contributed by atoms with van der Waals surface area (Å²) in [6.45, 7) is 1.41. The van der Waals surface area contributed by atoms with Crippen LogP contribution in [0, 0.1) is 11.8 Å². The Kier molecular flexibility index (Phi) is 5.91. The number of carbonyl (C=O) groups excluding carboxylic acids is 2. The summed E-state index contributed by atoms with van der Waals surface area (Å²) in [7, 11) is 0. The molecule has 22 heavy (non-hydrogen) atoms. The first kappa shape index (κ1) is 16.9. The highest BCUT2D eigenvalue weighted by Gasteiger charge is 2.35. The molecule has 0 bridgehead atoms. The minimum atomic E-state index is -0.809.